The average molecular weight is 425 g/mol. The minimum Gasteiger partial charge on any atom is -0.396 e. The molecule has 1 unspecified atom stereocenters. The Kier molecular flexibility index (Phi) is 6.68. The van der Waals surface area contributed by atoms with Gasteiger partial charge in [0.05, 0.1) is 23.7 Å². The minimum atomic E-state index is -3.66. The molecule has 0 bridgehead atoms. The first-order valence-electron chi connectivity index (χ1n) is 9.50. The van der Waals surface area contributed by atoms with Crippen LogP contribution in [0.4, 0.5) is 8.78 Å². The summed E-state index contributed by atoms with van der Waals surface area (Å²) in [6.45, 7) is 0.930. The van der Waals surface area contributed by atoms with Gasteiger partial charge in [-0.2, -0.15) is 0 Å². The van der Waals surface area contributed by atoms with Crippen LogP contribution in [0.2, 0.25) is 0 Å². The van der Waals surface area contributed by atoms with Crippen LogP contribution in [0.15, 0.2) is 42.5 Å². The highest BCUT2D eigenvalue weighted by molar-refractivity contribution is 7.92. The number of nitrogens with one attached hydrogen (secondary N) is 1. The molecule has 8 heteroatoms. The maximum Gasteiger partial charge on any atom is 0.163 e. The highest BCUT2D eigenvalue weighted by Gasteiger charge is 2.42. The zero-order chi connectivity index (χ0) is 21.2. The molecule has 0 radical (unpaired) electrons. The van der Waals surface area contributed by atoms with E-state index in [1.54, 1.807) is 37.3 Å². The van der Waals surface area contributed by atoms with Crippen LogP contribution in [0, 0.1) is 11.6 Å². The second kappa shape index (κ2) is 8.87. The third kappa shape index (κ3) is 4.35. The summed E-state index contributed by atoms with van der Waals surface area (Å²) >= 11 is 0. The highest BCUT2D eigenvalue weighted by Crippen LogP contribution is 2.33. The molecule has 2 aromatic carbocycles. The Hall–Kier alpha value is -1.87. The first-order chi connectivity index (χ1) is 13.8. The summed E-state index contributed by atoms with van der Waals surface area (Å²) in [6.07, 6.45) is -0.175. The Morgan fingerprint density at radius 3 is 2.38 bits per heavy atom. The van der Waals surface area contributed by atoms with E-state index in [4.69, 9.17) is 0 Å². The summed E-state index contributed by atoms with van der Waals surface area (Å²) in [6, 6.07) is 10.3. The van der Waals surface area contributed by atoms with E-state index < -0.39 is 57.1 Å². The molecule has 0 saturated carbocycles. The van der Waals surface area contributed by atoms with Crippen LogP contribution in [0.25, 0.3) is 0 Å². The fraction of sp³-hybridized carbons (Fsp3) is 0.429. The number of sulfone groups is 1. The lowest BCUT2D eigenvalue weighted by molar-refractivity contribution is 0.190. The summed E-state index contributed by atoms with van der Waals surface area (Å²) < 4.78 is 55.7. The van der Waals surface area contributed by atoms with E-state index in [1.165, 1.54) is 0 Å². The van der Waals surface area contributed by atoms with Gasteiger partial charge in [0, 0.05) is 18.5 Å². The molecule has 0 aromatic heterocycles. The number of hydrogen-bond donors (Lipinski definition) is 3. The first kappa shape index (κ1) is 21.8. The normalized spacial score (nSPS) is 24.0. The van der Waals surface area contributed by atoms with Crippen molar-refractivity contribution in [2.75, 3.05) is 19.8 Å². The van der Waals surface area contributed by atoms with Gasteiger partial charge in [-0.3, -0.25) is 0 Å². The summed E-state index contributed by atoms with van der Waals surface area (Å²) in [7, 11) is -3.66. The van der Waals surface area contributed by atoms with E-state index in [9.17, 15) is 27.4 Å². The molecule has 3 atom stereocenters. The fourth-order valence-electron chi connectivity index (χ4n) is 3.85. The molecule has 0 amide bonds. The molecule has 1 aliphatic heterocycles. The summed E-state index contributed by atoms with van der Waals surface area (Å²) in [4.78, 5) is 0. The monoisotopic (exact) mass is 425 g/mol. The third-order valence-corrected chi connectivity index (χ3v) is 8.29. The van der Waals surface area contributed by atoms with Gasteiger partial charge in [0.25, 0.3) is 0 Å². The standard InChI is InChI=1S/C21H25F2NO4S/c1-13-20(29(27,28)21(10-24-13)14-5-3-2-4-6-14)8-15-7-19(23)17(9-18(15)22)16(11-25)12-26/h2-7,9,13,16,20-21,24-26H,8,10-12H2,1H3/t13-,20?,21-/m0/s1. The average Bonchev–Trinajstić information content (AvgIpc) is 2.69. The van der Waals surface area contributed by atoms with E-state index in [1.807, 2.05) is 0 Å². The number of hydrogen-bond acceptors (Lipinski definition) is 5. The number of halogens is 2. The second-order valence-corrected chi connectivity index (χ2v) is 9.81. The predicted octanol–water partition coefficient (Wildman–Crippen LogP) is 2.09. The lowest BCUT2D eigenvalue weighted by atomic mass is 9.96. The van der Waals surface area contributed by atoms with Gasteiger partial charge in [0.15, 0.2) is 9.84 Å². The van der Waals surface area contributed by atoms with Crippen LogP contribution in [0.3, 0.4) is 0 Å². The SMILES string of the molecule is C[C@@H]1NC[C@@H](c2ccccc2)S(=O)(=O)C1Cc1cc(F)c(C(CO)CO)cc1F. The Balaban J connectivity index is 1.93. The topological polar surface area (TPSA) is 86.6 Å². The van der Waals surface area contributed by atoms with Crippen molar-refractivity contribution < 1.29 is 27.4 Å². The number of benzene rings is 2. The van der Waals surface area contributed by atoms with E-state index in [-0.39, 0.29) is 24.1 Å². The fourth-order valence-corrected chi connectivity index (χ4v) is 6.21. The molecular formula is C21H25F2NO4S. The van der Waals surface area contributed by atoms with E-state index in [0.29, 0.717) is 5.56 Å². The molecule has 1 heterocycles. The molecule has 1 fully saturated rings. The summed E-state index contributed by atoms with van der Waals surface area (Å²) in [5.74, 6) is -2.46. The molecule has 29 heavy (non-hydrogen) atoms. The van der Waals surface area contributed by atoms with Gasteiger partial charge in [-0.15, -0.1) is 0 Å². The van der Waals surface area contributed by atoms with Crippen LogP contribution in [-0.4, -0.2) is 49.7 Å². The number of aliphatic hydroxyl groups excluding tert-OH is 2. The van der Waals surface area contributed by atoms with Crippen molar-refractivity contribution in [2.24, 2.45) is 0 Å². The number of rotatable bonds is 6. The smallest absolute Gasteiger partial charge is 0.163 e. The zero-order valence-electron chi connectivity index (χ0n) is 16.1. The van der Waals surface area contributed by atoms with Crippen LogP contribution < -0.4 is 5.32 Å². The second-order valence-electron chi connectivity index (χ2n) is 7.46. The zero-order valence-corrected chi connectivity index (χ0v) is 16.9. The Labute approximate surface area is 169 Å². The van der Waals surface area contributed by atoms with Crippen molar-refractivity contribution in [3.05, 3.63) is 70.8 Å². The van der Waals surface area contributed by atoms with Crippen molar-refractivity contribution in [1.82, 2.24) is 5.32 Å². The van der Waals surface area contributed by atoms with Gasteiger partial charge < -0.3 is 15.5 Å². The Bertz CT molecular complexity index is 949. The molecule has 158 valence electrons. The summed E-state index contributed by atoms with van der Waals surface area (Å²) in [5, 5.41) is 20.0. The molecule has 0 spiro atoms. The van der Waals surface area contributed by atoms with E-state index in [0.717, 1.165) is 12.1 Å². The quantitative estimate of drug-likeness (QED) is 0.660. The maximum atomic E-state index is 14.7. The Morgan fingerprint density at radius 1 is 1.10 bits per heavy atom. The van der Waals surface area contributed by atoms with Crippen molar-refractivity contribution in [2.45, 2.75) is 35.8 Å². The molecular weight excluding hydrogens is 400 g/mol. The molecule has 1 saturated heterocycles. The van der Waals surface area contributed by atoms with Crippen LogP contribution in [0.5, 0.6) is 0 Å². The van der Waals surface area contributed by atoms with Gasteiger partial charge in [-0.05, 0) is 42.2 Å². The lowest BCUT2D eigenvalue weighted by Crippen LogP contribution is -2.53. The van der Waals surface area contributed by atoms with Gasteiger partial charge >= 0.3 is 0 Å². The van der Waals surface area contributed by atoms with Crippen LogP contribution in [-0.2, 0) is 16.3 Å². The van der Waals surface area contributed by atoms with Crippen molar-refractivity contribution in [3.63, 3.8) is 0 Å². The van der Waals surface area contributed by atoms with Crippen LogP contribution >= 0.6 is 0 Å². The maximum absolute atomic E-state index is 14.7. The lowest BCUT2D eigenvalue weighted by Gasteiger charge is -2.35. The van der Waals surface area contributed by atoms with E-state index in [2.05, 4.69) is 5.32 Å². The van der Waals surface area contributed by atoms with Gasteiger partial charge in [0.2, 0.25) is 0 Å². The third-order valence-electron chi connectivity index (χ3n) is 5.64. The van der Waals surface area contributed by atoms with Gasteiger partial charge in [-0.25, -0.2) is 17.2 Å². The van der Waals surface area contributed by atoms with Crippen molar-refractivity contribution >= 4 is 9.84 Å². The molecule has 0 aliphatic carbocycles. The number of aliphatic hydroxyl groups is 2. The minimum absolute atomic E-state index is 0.0446. The molecule has 5 nitrogen and oxygen atoms in total. The van der Waals surface area contributed by atoms with Crippen molar-refractivity contribution in [3.8, 4) is 0 Å². The first-order valence-corrected chi connectivity index (χ1v) is 11.1. The van der Waals surface area contributed by atoms with Crippen molar-refractivity contribution in [1.29, 1.82) is 0 Å². The predicted molar refractivity (Wildman–Crippen MR) is 106 cm³/mol. The van der Waals surface area contributed by atoms with Gasteiger partial charge in [0.1, 0.15) is 11.6 Å². The van der Waals surface area contributed by atoms with Crippen LogP contribution in [0.1, 0.15) is 34.8 Å². The highest BCUT2D eigenvalue weighted by atomic mass is 32.2. The largest absolute Gasteiger partial charge is 0.396 e. The molecule has 3 N–H and O–H groups in total. The molecule has 2 aromatic rings. The van der Waals surface area contributed by atoms with E-state index >= 15 is 0 Å². The molecule has 1 aliphatic rings. The Morgan fingerprint density at radius 2 is 1.76 bits per heavy atom. The van der Waals surface area contributed by atoms with Gasteiger partial charge in [-0.1, -0.05) is 30.3 Å². The molecule has 3 rings (SSSR count). The summed E-state index contributed by atoms with van der Waals surface area (Å²) in [5.41, 5.74) is 0.487.